The van der Waals surface area contributed by atoms with Crippen molar-refractivity contribution >= 4 is 28.3 Å². The van der Waals surface area contributed by atoms with E-state index in [0.717, 1.165) is 38.5 Å². The minimum atomic E-state index is -4.90. The summed E-state index contributed by atoms with van der Waals surface area (Å²) in [7, 11) is -4.90. The molecule has 0 radical (unpaired) electrons. The molecule has 9 heteroatoms. The summed E-state index contributed by atoms with van der Waals surface area (Å²) in [5, 5.41) is 0. The van der Waals surface area contributed by atoms with Crippen molar-refractivity contribution in [2.24, 2.45) is 0 Å². The number of carbonyl (C=O) groups is 3. The molecule has 31 heavy (non-hydrogen) atoms. The summed E-state index contributed by atoms with van der Waals surface area (Å²) in [6.07, 6.45) is 18.4. The summed E-state index contributed by atoms with van der Waals surface area (Å²) in [4.78, 5) is 34.0. The van der Waals surface area contributed by atoms with E-state index in [1.54, 1.807) is 0 Å². The molecule has 0 aromatic carbocycles. The number of rotatable bonds is 19. The van der Waals surface area contributed by atoms with Gasteiger partial charge in [-0.3, -0.25) is 18.9 Å². The molecule has 0 heterocycles. The van der Waals surface area contributed by atoms with E-state index >= 15 is 0 Å². The molecule has 0 aliphatic rings. The molecule has 0 spiro atoms. The molecule has 0 fully saturated rings. The number of allylic oxidation sites excluding steroid dienone is 2. The maximum Gasteiger partial charge on any atom is 0.448 e. The van der Waals surface area contributed by atoms with Gasteiger partial charge in [0.2, 0.25) is 0 Å². The SMILES string of the molecule is CCCCCCCCC=CCCCCCCCC(=O)OC(=O)CCC(=O)OS(=O)(=O)O. The average molecular weight is 463 g/mol. The molecule has 0 bridgehead atoms. The first-order valence-corrected chi connectivity index (χ1v) is 12.7. The maximum absolute atomic E-state index is 11.6. The van der Waals surface area contributed by atoms with Gasteiger partial charge in [0, 0.05) is 6.42 Å². The van der Waals surface area contributed by atoms with Crippen molar-refractivity contribution in [3.05, 3.63) is 12.2 Å². The van der Waals surface area contributed by atoms with Crippen molar-refractivity contribution in [1.82, 2.24) is 0 Å². The summed E-state index contributed by atoms with van der Waals surface area (Å²) < 4.78 is 37.2. The van der Waals surface area contributed by atoms with Gasteiger partial charge in [0.15, 0.2) is 0 Å². The zero-order valence-electron chi connectivity index (χ0n) is 18.7. The molecule has 0 amide bonds. The molecule has 180 valence electrons. The fraction of sp³-hybridized carbons (Fsp3) is 0.773. The van der Waals surface area contributed by atoms with Gasteiger partial charge in [-0.25, -0.2) is 0 Å². The van der Waals surface area contributed by atoms with E-state index in [1.165, 1.54) is 38.5 Å². The molecule has 0 unspecified atom stereocenters. The fourth-order valence-electron chi connectivity index (χ4n) is 2.93. The largest absolute Gasteiger partial charge is 0.448 e. The predicted octanol–water partition coefficient (Wildman–Crippen LogP) is 5.22. The summed E-state index contributed by atoms with van der Waals surface area (Å²) in [6, 6.07) is 0. The molecule has 0 rings (SSSR count). The highest BCUT2D eigenvalue weighted by molar-refractivity contribution is 7.81. The van der Waals surface area contributed by atoms with Crippen LogP contribution in [0.1, 0.15) is 110 Å². The first-order chi connectivity index (χ1) is 14.7. The molecule has 0 saturated heterocycles. The molecule has 0 atom stereocenters. The lowest BCUT2D eigenvalue weighted by Crippen LogP contribution is -2.16. The van der Waals surface area contributed by atoms with Gasteiger partial charge in [-0.2, -0.15) is 8.42 Å². The number of carbonyl (C=O) groups excluding carboxylic acids is 3. The molecule has 8 nitrogen and oxygen atoms in total. The third kappa shape index (κ3) is 22.8. The van der Waals surface area contributed by atoms with Gasteiger partial charge in [0.05, 0.1) is 12.8 Å². The van der Waals surface area contributed by atoms with Crippen LogP contribution in [0, 0.1) is 0 Å². The van der Waals surface area contributed by atoms with Crippen molar-refractivity contribution in [1.29, 1.82) is 0 Å². The fourth-order valence-corrected chi connectivity index (χ4v) is 3.25. The molecule has 0 aromatic heterocycles. The Kier molecular flexibility index (Phi) is 17.9. The van der Waals surface area contributed by atoms with Crippen LogP contribution in [0.4, 0.5) is 0 Å². The Balaban J connectivity index is 3.52. The Morgan fingerprint density at radius 2 is 1.13 bits per heavy atom. The van der Waals surface area contributed by atoms with Crippen LogP contribution in [-0.2, 0) is 33.7 Å². The molecular weight excluding hydrogens is 424 g/mol. The standard InChI is InChI=1S/C22H38O8S/c1-2-3-4-5-6-7-8-9-10-11-12-13-14-15-16-17-20(23)29-21(24)18-19-22(25)30-31(26,27)28/h9-10H,2-8,11-19H2,1H3,(H,26,27,28). The van der Waals surface area contributed by atoms with Gasteiger partial charge in [-0.1, -0.05) is 70.4 Å². The lowest BCUT2D eigenvalue weighted by molar-refractivity contribution is -0.160. The van der Waals surface area contributed by atoms with E-state index in [4.69, 9.17) is 4.55 Å². The lowest BCUT2D eigenvalue weighted by Gasteiger charge is -2.03. The molecule has 0 aromatic rings. The van der Waals surface area contributed by atoms with Crippen molar-refractivity contribution in [2.75, 3.05) is 0 Å². The van der Waals surface area contributed by atoms with Crippen molar-refractivity contribution < 1.29 is 36.3 Å². The van der Waals surface area contributed by atoms with Crippen LogP contribution >= 0.6 is 0 Å². The van der Waals surface area contributed by atoms with Crippen LogP contribution < -0.4 is 0 Å². The third-order valence-electron chi connectivity index (χ3n) is 4.60. The zero-order valence-corrected chi connectivity index (χ0v) is 19.5. The summed E-state index contributed by atoms with van der Waals surface area (Å²) in [5.74, 6) is -2.92. The predicted molar refractivity (Wildman–Crippen MR) is 117 cm³/mol. The van der Waals surface area contributed by atoms with E-state index in [0.29, 0.717) is 6.42 Å². The summed E-state index contributed by atoms with van der Waals surface area (Å²) in [5.41, 5.74) is 0. The van der Waals surface area contributed by atoms with Crippen molar-refractivity contribution in [3.8, 4) is 0 Å². The minimum Gasteiger partial charge on any atom is -0.393 e. The van der Waals surface area contributed by atoms with E-state index in [1.807, 2.05) is 0 Å². The molecular formula is C22H38O8S. The van der Waals surface area contributed by atoms with Gasteiger partial charge in [0.1, 0.15) is 0 Å². The highest BCUT2D eigenvalue weighted by Crippen LogP contribution is 2.10. The quantitative estimate of drug-likeness (QED) is 0.0911. The molecule has 0 aliphatic heterocycles. The summed E-state index contributed by atoms with van der Waals surface area (Å²) in [6.45, 7) is 2.23. The zero-order chi connectivity index (χ0) is 23.4. The Morgan fingerprint density at radius 1 is 0.677 bits per heavy atom. The molecule has 1 N–H and O–H groups in total. The Morgan fingerprint density at radius 3 is 1.68 bits per heavy atom. The number of hydrogen-bond acceptors (Lipinski definition) is 7. The van der Waals surface area contributed by atoms with Gasteiger partial charge < -0.3 is 8.92 Å². The van der Waals surface area contributed by atoms with Crippen LogP contribution in [0.25, 0.3) is 0 Å². The van der Waals surface area contributed by atoms with Crippen molar-refractivity contribution in [2.45, 2.75) is 110 Å². The Bertz CT molecular complexity index is 640. The van der Waals surface area contributed by atoms with E-state index in [-0.39, 0.29) is 6.42 Å². The normalized spacial score (nSPS) is 11.5. The van der Waals surface area contributed by atoms with E-state index in [9.17, 15) is 22.8 Å². The monoisotopic (exact) mass is 462 g/mol. The van der Waals surface area contributed by atoms with Crippen LogP contribution in [0.2, 0.25) is 0 Å². The number of ether oxygens (including phenoxy) is 1. The average Bonchev–Trinajstić information content (AvgIpc) is 2.68. The molecule has 0 saturated carbocycles. The van der Waals surface area contributed by atoms with Gasteiger partial charge in [0.25, 0.3) is 0 Å². The van der Waals surface area contributed by atoms with Crippen molar-refractivity contribution in [3.63, 3.8) is 0 Å². The van der Waals surface area contributed by atoms with Crippen LogP contribution in [0.15, 0.2) is 12.2 Å². The minimum absolute atomic E-state index is 0.110. The highest BCUT2D eigenvalue weighted by Gasteiger charge is 2.17. The van der Waals surface area contributed by atoms with Gasteiger partial charge >= 0.3 is 28.3 Å². The second kappa shape index (κ2) is 19.0. The third-order valence-corrected chi connectivity index (χ3v) is 5.00. The molecule has 0 aliphatic carbocycles. The summed E-state index contributed by atoms with van der Waals surface area (Å²) >= 11 is 0. The van der Waals surface area contributed by atoms with Crippen LogP contribution in [0.3, 0.4) is 0 Å². The van der Waals surface area contributed by atoms with Crippen LogP contribution in [-0.4, -0.2) is 30.9 Å². The first-order valence-electron chi connectivity index (χ1n) is 11.3. The first kappa shape index (κ1) is 29.3. The number of hydrogen-bond donors (Lipinski definition) is 1. The maximum atomic E-state index is 11.6. The second-order valence-electron chi connectivity index (χ2n) is 7.56. The van der Waals surface area contributed by atoms with Gasteiger partial charge in [-0.05, 0) is 32.1 Å². The van der Waals surface area contributed by atoms with Crippen LogP contribution in [0.5, 0.6) is 0 Å². The lowest BCUT2D eigenvalue weighted by atomic mass is 10.1. The second-order valence-corrected chi connectivity index (χ2v) is 8.59. The smallest absolute Gasteiger partial charge is 0.393 e. The Hall–Kier alpha value is -1.74. The Labute approximate surface area is 186 Å². The number of esters is 2. The topological polar surface area (TPSA) is 124 Å². The number of unbranched alkanes of at least 4 members (excludes halogenated alkanes) is 11. The van der Waals surface area contributed by atoms with E-state index in [2.05, 4.69) is 28.0 Å². The van der Waals surface area contributed by atoms with E-state index < -0.39 is 41.1 Å². The highest BCUT2D eigenvalue weighted by atomic mass is 32.3. The van der Waals surface area contributed by atoms with Gasteiger partial charge in [-0.15, -0.1) is 0 Å².